The van der Waals surface area contributed by atoms with Crippen molar-refractivity contribution in [3.05, 3.63) is 24.3 Å². The summed E-state index contributed by atoms with van der Waals surface area (Å²) in [4.78, 5) is 0.0686. The van der Waals surface area contributed by atoms with Gasteiger partial charge in [-0.25, -0.2) is 16.8 Å². The Labute approximate surface area is 126 Å². The fourth-order valence-corrected chi connectivity index (χ4v) is 4.88. The molecule has 1 aromatic carbocycles. The van der Waals surface area contributed by atoms with E-state index in [1.54, 1.807) is 7.05 Å². The number of sulfone groups is 1. The van der Waals surface area contributed by atoms with Crippen molar-refractivity contribution in [1.82, 2.24) is 4.31 Å². The molecular formula is C14H21NO4S2. The lowest BCUT2D eigenvalue weighted by atomic mass is 9.96. The molecule has 1 aliphatic carbocycles. The Morgan fingerprint density at radius 3 is 2.14 bits per heavy atom. The van der Waals surface area contributed by atoms with Crippen LogP contribution in [0.4, 0.5) is 0 Å². The lowest BCUT2D eigenvalue weighted by Gasteiger charge is -2.30. The molecule has 0 radical (unpaired) electrons. The molecule has 7 heteroatoms. The van der Waals surface area contributed by atoms with E-state index in [2.05, 4.69) is 0 Å². The zero-order valence-corrected chi connectivity index (χ0v) is 14.0. The number of hydrogen-bond donors (Lipinski definition) is 0. The number of sulfonamides is 1. The van der Waals surface area contributed by atoms with Crippen LogP contribution in [0, 0.1) is 0 Å². The third kappa shape index (κ3) is 3.64. The second-order valence-electron chi connectivity index (χ2n) is 5.56. The number of nitrogens with zero attached hydrogens (tertiary/aromatic N) is 1. The summed E-state index contributed by atoms with van der Waals surface area (Å²) < 4.78 is 49.8. The van der Waals surface area contributed by atoms with Crippen molar-refractivity contribution in [3.63, 3.8) is 0 Å². The Morgan fingerprint density at radius 2 is 1.57 bits per heavy atom. The molecule has 0 aromatic heterocycles. The lowest BCUT2D eigenvalue weighted by molar-refractivity contribution is 0.286. The highest BCUT2D eigenvalue weighted by molar-refractivity contribution is 7.91. The third-order valence-electron chi connectivity index (χ3n) is 4.00. The topological polar surface area (TPSA) is 71.5 Å². The molecule has 0 heterocycles. The molecule has 1 fully saturated rings. The molecule has 0 bridgehead atoms. The summed E-state index contributed by atoms with van der Waals surface area (Å²) in [6, 6.07) is 5.57. The Hall–Kier alpha value is -0.920. The molecule has 0 atom stereocenters. The molecule has 5 nitrogen and oxygen atoms in total. The van der Waals surface area contributed by atoms with Crippen molar-refractivity contribution in [2.75, 3.05) is 13.3 Å². The molecular weight excluding hydrogens is 310 g/mol. The predicted octanol–water partition coefficient (Wildman–Crippen LogP) is 2.04. The van der Waals surface area contributed by atoms with Crippen molar-refractivity contribution in [3.8, 4) is 0 Å². The quantitative estimate of drug-likeness (QED) is 0.846. The maximum Gasteiger partial charge on any atom is 0.243 e. The van der Waals surface area contributed by atoms with Gasteiger partial charge in [0.1, 0.15) is 0 Å². The van der Waals surface area contributed by atoms with Gasteiger partial charge in [-0.2, -0.15) is 4.31 Å². The Balaban J connectivity index is 2.35. The minimum atomic E-state index is -3.65. The summed E-state index contributed by atoms with van der Waals surface area (Å²) in [7, 11) is -5.49. The van der Waals surface area contributed by atoms with Gasteiger partial charge in [0.05, 0.1) is 9.79 Å². The third-order valence-corrected chi connectivity index (χ3v) is 7.02. The Morgan fingerprint density at radius 1 is 1.00 bits per heavy atom. The molecule has 1 saturated carbocycles. The highest BCUT2D eigenvalue weighted by Crippen LogP contribution is 2.27. The molecule has 0 N–H and O–H groups in total. The average molecular weight is 331 g/mol. The van der Waals surface area contributed by atoms with Crippen molar-refractivity contribution < 1.29 is 16.8 Å². The predicted molar refractivity (Wildman–Crippen MR) is 81.4 cm³/mol. The van der Waals surface area contributed by atoms with Crippen molar-refractivity contribution in [2.45, 2.75) is 47.9 Å². The monoisotopic (exact) mass is 331 g/mol. The fraction of sp³-hybridized carbons (Fsp3) is 0.571. The minimum Gasteiger partial charge on any atom is -0.224 e. The van der Waals surface area contributed by atoms with Gasteiger partial charge in [-0.3, -0.25) is 0 Å². The van der Waals surface area contributed by atoms with Crippen LogP contribution in [0.3, 0.4) is 0 Å². The van der Waals surface area contributed by atoms with E-state index in [9.17, 15) is 16.8 Å². The van der Waals surface area contributed by atoms with Crippen LogP contribution in [0.15, 0.2) is 34.1 Å². The molecule has 118 valence electrons. The first kappa shape index (κ1) is 16.5. The highest BCUT2D eigenvalue weighted by Gasteiger charge is 2.29. The maximum atomic E-state index is 12.6. The van der Waals surface area contributed by atoms with Gasteiger partial charge >= 0.3 is 0 Å². The SMILES string of the molecule is CN(C1CCCCC1)S(=O)(=O)c1cccc(S(C)(=O)=O)c1. The first-order valence-corrected chi connectivity index (χ1v) is 10.3. The van der Waals surface area contributed by atoms with Gasteiger partial charge in [-0.05, 0) is 31.0 Å². The van der Waals surface area contributed by atoms with Crippen LogP contribution in [0.25, 0.3) is 0 Å². The molecule has 0 saturated heterocycles. The van der Waals surface area contributed by atoms with Gasteiger partial charge in [0, 0.05) is 19.3 Å². The zero-order valence-electron chi connectivity index (χ0n) is 12.3. The van der Waals surface area contributed by atoms with Gasteiger partial charge in [-0.1, -0.05) is 25.3 Å². The summed E-state index contributed by atoms with van der Waals surface area (Å²) in [5.41, 5.74) is 0. The van der Waals surface area contributed by atoms with E-state index in [0.717, 1.165) is 38.4 Å². The summed E-state index contributed by atoms with van der Waals surface area (Å²) in [6.07, 6.45) is 6.02. The second kappa shape index (κ2) is 6.06. The Kier molecular flexibility index (Phi) is 4.75. The first-order chi connectivity index (χ1) is 9.73. The van der Waals surface area contributed by atoms with Crippen LogP contribution in [0.2, 0.25) is 0 Å². The highest BCUT2D eigenvalue weighted by atomic mass is 32.2. The molecule has 0 amide bonds. The molecule has 0 aliphatic heterocycles. The van der Waals surface area contributed by atoms with E-state index in [0.29, 0.717) is 0 Å². The Bertz CT molecular complexity index is 704. The average Bonchev–Trinajstić information content (AvgIpc) is 2.46. The van der Waals surface area contributed by atoms with Crippen LogP contribution in [0.5, 0.6) is 0 Å². The van der Waals surface area contributed by atoms with Crippen LogP contribution in [-0.2, 0) is 19.9 Å². The summed E-state index contributed by atoms with van der Waals surface area (Å²) in [6.45, 7) is 0. The fourth-order valence-electron chi connectivity index (χ4n) is 2.67. The van der Waals surface area contributed by atoms with Crippen molar-refractivity contribution >= 4 is 19.9 Å². The molecule has 0 unspecified atom stereocenters. The first-order valence-electron chi connectivity index (χ1n) is 7.01. The van der Waals surface area contributed by atoms with Gasteiger partial charge in [0.2, 0.25) is 10.0 Å². The molecule has 1 aliphatic rings. The number of rotatable bonds is 4. The molecule has 0 spiro atoms. The van der Waals surface area contributed by atoms with E-state index in [4.69, 9.17) is 0 Å². The van der Waals surface area contributed by atoms with E-state index < -0.39 is 19.9 Å². The van der Waals surface area contributed by atoms with Crippen molar-refractivity contribution in [1.29, 1.82) is 0 Å². The van der Waals surface area contributed by atoms with E-state index in [1.165, 1.54) is 28.6 Å². The number of hydrogen-bond acceptors (Lipinski definition) is 4. The van der Waals surface area contributed by atoms with Crippen LogP contribution in [-0.4, -0.2) is 40.5 Å². The largest absolute Gasteiger partial charge is 0.243 e. The summed E-state index contributed by atoms with van der Waals surface area (Å²) in [5, 5.41) is 0. The van der Waals surface area contributed by atoms with Gasteiger partial charge in [0.15, 0.2) is 9.84 Å². The van der Waals surface area contributed by atoms with Crippen LogP contribution >= 0.6 is 0 Å². The van der Waals surface area contributed by atoms with Crippen LogP contribution in [0.1, 0.15) is 32.1 Å². The molecule has 1 aromatic rings. The minimum absolute atomic E-state index is 0.00522. The maximum absolute atomic E-state index is 12.6. The van der Waals surface area contributed by atoms with Gasteiger partial charge in [-0.15, -0.1) is 0 Å². The van der Waals surface area contributed by atoms with Crippen LogP contribution < -0.4 is 0 Å². The molecule has 21 heavy (non-hydrogen) atoms. The molecule has 2 rings (SSSR count). The van der Waals surface area contributed by atoms with Gasteiger partial charge in [0.25, 0.3) is 0 Å². The summed E-state index contributed by atoms with van der Waals surface area (Å²) >= 11 is 0. The smallest absolute Gasteiger partial charge is 0.224 e. The van der Waals surface area contributed by atoms with E-state index in [-0.39, 0.29) is 15.8 Å². The summed E-state index contributed by atoms with van der Waals surface area (Å²) in [5.74, 6) is 0. The zero-order chi connectivity index (χ0) is 15.7. The normalized spacial score (nSPS) is 18.0. The van der Waals surface area contributed by atoms with E-state index >= 15 is 0 Å². The standard InChI is InChI=1S/C14H21NO4S2/c1-15(12-7-4-3-5-8-12)21(18,19)14-10-6-9-13(11-14)20(2,16)17/h6,9-12H,3-5,7-8H2,1-2H3. The van der Waals surface area contributed by atoms with Gasteiger partial charge < -0.3 is 0 Å². The second-order valence-corrected chi connectivity index (χ2v) is 9.57. The lowest BCUT2D eigenvalue weighted by Crippen LogP contribution is -2.38. The number of benzene rings is 1. The van der Waals surface area contributed by atoms with Crippen molar-refractivity contribution in [2.24, 2.45) is 0 Å². The van der Waals surface area contributed by atoms with E-state index in [1.807, 2.05) is 0 Å².